The smallest absolute Gasteiger partial charge is 0.148 e. The highest BCUT2D eigenvalue weighted by Gasteiger charge is 2.11. The maximum atomic E-state index is 4.18. The standard InChI is InChI=1S/C7H10N4/c1-2-10-7(5-8-1)11-4-3-9-6-11/h1-2,5,9H,3-4,6H2. The summed E-state index contributed by atoms with van der Waals surface area (Å²) in [6.07, 6.45) is 5.19. The van der Waals surface area contributed by atoms with Crippen molar-refractivity contribution in [3.63, 3.8) is 0 Å². The average Bonchev–Trinajstić information content (AvgIpc) is 2.58. The van der Waals surface area contributed by atoms with E-state index in [1.165, 1.54) is 0 Å². The molecule has 1 aromatic rings. The summed E-state index contributed by atoms with van der Waals surface area (Å²) in [4.78, 5) is 10.3. The summed E-state index contributed by atoms with van der Waals surface area (Å²) in [5, 5.41) is 3.23. The number of rotatable bonds is 1. The van der Waals surface area contributed by atoms with Crippen LogP contribution in [0.25, 0.3) is 0 Å². The first-order valence-electron chi connectivity index (χ1n) is 3.68. The fraction of sp³-hybridized carbons (Fsp3) is 0.429. The van der Waals surface area contributed by atoms with Crippen molar-refractivity contribution in [1.29, 1.82) is 0 Å². The van der Waals surface area contributed by atoms with E-state index < -0.39 is 0 Å². The van der Waals surface area contributed by atoms with Crippen LogP contribution in [0.1, 0.15) is 0 Å². The van der Waals surface area contributed by atoms with Gasteiger partial charge >= 0.3 is 0 Å². The van der Waals surface area contributed by atoms with Gasteiger partial charge in [0.25, 0.3) is 0 Å². The molecule has 1 N–H and O–H groups in total. The Kier molecular flexibility index (Phi) is 1.69. The van der Waals surface area contributed by atoms with Gasteiger partial charge < -0.3 is 4.90 Å². The van der Waals surface area contributed by atoms with Crippen LogP contribution in [0.2, 0.25) is 0 Å². The van der Waals surface area contributed by atoms with Gasteiger partial charge in [0, 0.05) is 25.5 Å². The van der Waals surface area contributed by atoms with Crippen molar-refractivity contribution in [3.05, 3.63) is 18.6 Å². The number of nitrogens with one attached hydrogen (secondary N) is 1. The highest BCUT2D eigenvalue weighted by molar-refractivity contribution is 5.35. The lowest BCUT2D eigenvalue weighted by Crippen LogP contribution is -2.21. The molecule has 58 valence electrons. The molecule has 0 unspecified atom stereocenters. The Hall–Kier alpha value is -1.16. The zero-order chi connectivity index (χ0) is 7.52. The van der Waals surface area contributed by atoms with Gasteiger partial charge in [-0.25, -0.2) is 4.98 Å². The van der Waals surface area contributed by atoms with Crippen molar-refractivity contribution < 1.29 is 0 Å². The molecular weight excluding hydrogens is 140 g/mol. The molecule has 0 radical (unpaired) electrons. The lowest BCUT2D eigenvalue weighted by molar-refractivity contribution is 0.847. The van der Waals surface area contributed by atoms with Crippen molar-refractivity contribution in [2.75, 3.05) is 24.7 Å². The number of aromatic nitrogens is 2. The zero-order valence-corrected chi connectivity index (χ0v) is 6.20. The van der Waals surface area contributed by atoms with Gasteiger partial charge in [-0.15, -0.1) is 0 Å². The molecule has 2 heterocycles. The first kappa shape index (κ1) is 6.54. The van der Waals surface area contributed by atoms with E-state index in [1.54, 1.807) is 18.6 Å². The predicted molar refractivity (Wildman–Crippen MR) is 42.2 cm³/mol. The lowest BCUT2D eigenvalue weighted by atomic mass is 10.5. The minimum absolute atomic E-state index is 0.888. The van der Waals surface area contributed by atoms with Gasteiger partial charge in [0.2, 0.25) is 0 Å². The summed E-state index contributed by atoms with van der Waals surface area (Å²) in [6.45, 7) is 2.95. The van der Waals surface area contributed by atoms with E-state index in [4.69, 9.17) is 0 Å². The minimum atomic E-state index is 0.888. The third-order valence-electron chi connectivity index (χ3n) is 1.73. The molecule has 1 aliphatic heterocycles. The molecule has 0 atom stereocenters. The molecule has 0 aromatic carbocycles. The molecule has 1 fully saturated rings. The Labute approximate surface area is 65.3 Å². The molecule has 0 bridgehead atoms. The second kappa shape index (κ2) is 2.84. The van der Waals surface area contributed by atoms with Crippen molar-refractivity contribution in [3.8, 4) is 0 Å². The summed E-state index contributed by atoms with van der Waals surface area (Å²) in [7, 11) is 0. The summed E-state index contributed by atoms with van der Waals surface area (Å²) >= 11 is 0. The number of nitrogens with zero attached hydrogens (tertiary/aromatic N) is 3. The molecule has 0 amide bonds. The van der Waals surface area contributed by atoms with Crippen molar-refractivity contribution in [2.45, 2.75) is 0 Å². The second-order valence-corrected chi connectivity index (χ2v) is 2.49. The molecule has 11 heavy (non-hydrogen) atoms. The molecule has 4 heteroatoms. The topological polar surface area (TPSA) is 41.1 Å². The fourth-order valence-corrected chi connectivity index (χ4v) is 1.16. The van der Waals surface area contributed by atoms with Gasteiger partial charge in [0.15, 0.2) is 0 Å². The van der Waals surface area contributed by atoms with Crippen LogP contribution in [0, 0.1) is 0 Å². The van der Waals surface area contributed by atoms with Gasteiger partial charge in [-0.2, -0.15) is 0 Å². The van der Waals surface area contributed by atoms with Gasteiger partial charge in [0.1, 0.15) is 5.82 Å². The Morgan fingerprint density at radius 3 is 3.09 bits per heavy atom. The first-order valence-corrected chi connectivity index (χ1v) is 3.68. The largest absolute Gasteiger partial charge is 0.341 e. The van der Waals surface area contributed by atoms with Crippen LogP contribution >= 0.6 is 0 Å². The molecule has 1 aromatic heterocycles. The van der Waals surface area contributed by atoms with Crippen LogP contribution in [0.3, 0.4) is 0 Å². The highest BCUT2D eigenvalue weighted by Crippen LogP contribution is 2.07. The van der Waals surface area contributed by atoms with E-state index in [1.807, 2.05) is 0 Å². The Balaban J connectivity index is 2.16. The third kappa shape index (κ3) is 1.30. The van der Waals surface area contributed by atoms with E-state index in [2.05, 4.69) is 20.2 Å². The molecule has 2 rings (SSSR count). The third-order valence-corrected chi connectivity index (χ3v) is 1.73. The van der Waals surface area contributed by atoms with Crippen LogP contribution in [0.15, 0.2) is 18.6 Å². The predicted octanol–water partition coefficient (Wildman–Crippen LogP) is -0.156. The van der Waals surface area contributed by atoms with Gasteiger partial charge in [-0.1, -0.05) is 0 Å². The highest BCUT2D eigenvalue weighted by atomic mass is 15.3. The molecule has 0 spiro atoms. The van der Waals surface area contributed by atoms with E-state index >= 15 is 0 Å². The van der Waals surface area contributed by atoms with Gasteiger partial charge in [-0.05, 0) is 0 Å². The average molecular weight is 150 g/mol. The quantitative estimate of drug-likeness (QED) is 0.604. The summed E-state index contributed by atoms with van der Waals surface area (Å²) in [6, 6.07) is 0. The van der Waals surface area contributed by atoms with E-state index in [-0.39, 0.29) is 0 Å². The fourth-order valence-electron chi connectivity index (χ4n) is 1.16. The van der Waals surface area contributed by atoms with Crippen molar-refractivity contribution in [1.82, 2.24) is 15.3 Å². The van der Waals surface area contributed by atoms with Crippen LogP contribution in [-0.4, -0.2) is 29.7 Å². The van der Waals surface area contributed by atoms with Crippen molar-refractivity contribution in [2.24, 2.45) is 0 Å². The van der Waals surface area contributed by atoms with Crippen LogP contribution < -0.4 is 10.2 Å². The summed E-state index contributed by atoms with van der Waals surface area (Å²) < 4.78 is 0. The van der Waals surface area contributed by atoms with E-state index in [0.29, 0.717) is 0 Å². The molecule has 1 saturated heterocycles. The van der Waals surface area contributed by atoms with Crippen molar-refractivity contribution >= 4 is 5.82 Å². The Morgan fingerprint density at radius 2 is 2.45 bits per heavy atom. The summed E-state index contributed by atoms with van der Waals surface area (Å²) in [5.74, 6) is 0.956. The molecule has 0 saturated carbocycles. The Bertz CT molecular complexity index is 217. The number of anilines is 1. The van der Waals surface area contributed by atoms with E-state index in [0.717, 1.165) is 25.6 Å². The lowest BCUT2D eigenvalue weighted by Gasteiger charge is -2.13. The molecule has 0 aliphatic carbocycles. The molecule has 4 nitrogen and oxygen atoms in total. The molecular formula is C7H10N4. The van der Waals surface area contributed by atoms with Crippen LogP contribution in [-0.2, 0) is 0 Å². The molecule has 1 aliphatic rings. The number of hydrogen-bond acceptors (Lipinski definition) is 4. The summed E-state index contributed by atoms with van der Waals surface area (Å²) in [5.41, 5.74) is 0. The van der Waals surface area contributed by atoms with Gasteiger partial charge in [0.05, 0.1) is 12.9 Å². The van der Waals surface area contributed by atoms with E-state index in [9.17, 15) is 0 Å². The second-order valence-electron chi connectivity index (χ2n) is 2.49. The maximum Gasteiger partial charge on any atom is 0.148 e. The number of hydrogen-bond donors (Lipinski definition) is 1. The SMILES string of the molecule is c1cnc(N2CCNC2)cn1. The first-order chi connectivity index (χ1) is 5.47. The van der Waals surface area contributed by atoms with Gasteiger partial charge in [-0.3, -0.25) is 10.3 Å². The Morgan fingerprint density at radius 1 is 1.45 bits per heavy atom. The maximum absolute atomic E-state index is 4.18. The minimum Gasteiger partial charge on any atom is -0.341 e. The van der Waals surface area contributed by atoms with Crippen LogP contribution in [0.5, 0.6) is 0 Å². The normalized spacial score (nSPS) is 17.3. The van der Waals surface area contributed by atoms with Crippen LogP contribution in [0.4, 0.5) is 5.82 Å². The monoisotopic (exact) mass is 150 g/mol. The zero-order valence-electron chi connectivity index (χ0n) is 6.20.